The van der Waals surface area contributed by atoms with E-state index in [0.717, 1.165) is 17.1 Å². The molecule has 0 fully saturated rings. The molecular weight excluding hydrogens is 260 g/mol. The summed E-state index contributed by atoms with van der Waals surface area (Å²) in [5.41, 5.74) is 1.85. The highest BCUT2D eigenvalue weighted by molar-refractivity contribution is 5.65. The molecule has 0 saturated heterocycles. The Labute approximate surface area is 118 Å². The summed E-state index contributed by atoms with van der Waals surface area (Å²) in [4.78, 5) is 21.1. The smallest absolute Gasteiger partial charge is 0.407 e. The number of amides is 1. The Kier molecular flexibility index (Phi) is 4.86. The molecule has 1 aliphatic heterocycles. The van der Waals surface area contributed by atoms with E-state index < -0.39 is 6.09 Å². The number of methoxy groups -OCH3 is 1. The third-order valence-corrected chi connectivity index (χ3v) is 3.28. The Morgan fingerprint density at radius 3 is 3.15 bits per heavy atom. The quantitative estimate of drug-likeness (QED) is 0.823. The molecule has 0 radical (unpaired) electrons. The second kappa shape index (κ2) is 6.62. The maximum absolute atomic E-state index is 10.9. The summed E-state index contributed by atoms with van der Waals surface area (Å²) in [5, 5.41) is 12.3. The van der Waals surface area contributed by atoms with Gasteiger partial charge in [-0.3, -0.25) is 0 Å². The van der Waals surface area contributed by atoms with Crippen molar-refractivity contribution in [3.63, 3.8) is 0 Å². The SMILES string of the molecule is COC[C@H](C)NCc1ncc2c(n1)CCN(C(=O)O)C2. The van der Waals surface area contributed by atoms with Gasteiger partial charge in [-0.2, -0.15) is 0 Å². The molecule has 1 atom stereocenters. The van der Waals surface area contributed by atoms with Crippen LogP contribution >= 0.6 is 0 Å². The zero-order chi connectivity index (χ0) is 14.5. The van der Waals surface area contributed by atoms with Crippen LogP contribution in [0.4, 0.5) is 4.79 Å². The van der Waals surface area contributed by atoms with E-state index in [1.54, 1.807) is 13.3 Å². The molecule has 1 amide bonds. The molecule has 2 rings (SSSR count). The Morgan fingerprint density at radius 1 is 1.65 bits per heavy atom. The number of nitrogens with one attached hydrogen (secondary N) is 1. The minimum Gasteiger partial charge on any atom is -0.465 e. The van der Waals surface area contributed by atoms with Gasteiger partial charge < -0.3 is 20.1 Å². The number of ether oxygens (including phenoxy) is 1. The molecule has 2 heterocycles. The van der Waals surface area contributed by atoms with Crippen molar-refractivity contribution in [2.75, 3.05) is 20.3 Å². The van der Waals surface area contributed by atoms with Gasteiger partial charge in [-0.15, -0.1) is 0 Å². The van der Waals surface area contributed by atoms with Crippen LogP contribution < -0.4 is 5.32 Å². The third kappa shape index (κ3) is 3.64. The van der Waals surface area contributed by atoms with E-state index in [-0.39, 0.29) is 6.04 Å². The Hall–Kier alpha value is -1.73. The Morgan fingerprint density at radius 2 is 2.45 bits per heavy atom. The largest absolute Gasteiger partial charge is 0.465 e. The number of fused-ring (bicyclic) bond motifs is 1. The molecule has 110 valence electrons. The summed E-state index contributed by atoms with van der Waals surface area (Å²) < 4.78 is 5.05. The highest BCUT2D eigenvalue weighted by atomic mass is 16.5. The maximum Gasteiger partial charge on any atom is 0.407 e. The minimum absolute atomic E-state index is 0.238. The molecule has 7 heteroatoms. The third-order valence-electron chi connectivity index (χ3n) is 3.28. The summed E-state index contributed by atoms with van der Waals surface area (Å²) in [5.74, 6) is 0.732. The first-order chi connectivity index (χ1) is 9.60. The number of aromatic nitrogens is 2. The lowest BCUT2D eigenvalue weighted by Gasteiger charge is -2.25. The molecule has 1 aliphatic rings. The molecule has 1 aromatic heterocycles. The Balaban J connectivity index is 1.97. The van der Waals surface area contributed by atoms with E-state index in [9.17, 15) is 4.79 Å². The van der Waals surface area contributed by atoms with Gasteiger partial charge in [0.05, 0.1) is 25.4 Å². The molecule has 0 aromatic carbocycles. The molecular formula is C13H20N4O3. The van der Waals surface area contributed by atoms with E-state index in [1.807, 2.05) is 6.92 Å². The Bertz CT molecular complexity index is 481. The monoisotopic (exact) mass is 280 g/mol. The number of hydrogen-bond acceptors (Lipinski definition) is 5. The van der Waals surface area contributed by atoms with Gasteiger partial charge in [0, 0.05) is 37.9 Å². The lowest BCUT2D eigenvalue weighted by Crippen LogP contribution is -2.36. The number of hydrogen-bond donors (Lipinski definition) is 2. The van der Waals surface area contributed by atoms with Gasteiger partial charge in [0.1, 0.15) is 5.82 Å². The van der Waals surface area contributed by atoms with E-state index in [0.29, 0.717) is 32.7 Å². The van der Waals surface area contributed by atoms with Crippen molar-refractivity contribution >= 4 is 6.09 Å². The van der Waals surface area contributed by atoms with Crippen LogP contribution in [0.15, 0.2) is 6.20 Å². The fraction of sp³-hybridized carbons (Fsp3) is 0.615. The van der Waals surface area contributed by atoms with Crippen molar-refractivity contribution in [3.8, 4) is 0 Å². The van der Waals surface area contributed by atoms with Crippen LogP contribution in [0.3, 0.4) is 0 Å². The first kappa shape index (κ1) is 14.7. The van der Waals surface area contributed by atoms with Crippen LogP contribution in [0.2, 0.25) is 0 Å². The van der Waals surface area contributed by atoms with Gasteiger partial charge in [0.15, 0.2) is 0 Å². The predicted molar refractivity (Wildman–Crippen MR) is 72.3 cm³/mol. The number of carboxylic acid groups (broad SMARTS) is 1. The van der Waals surface area contributed by atoms with Crippen LogP contribution in [-0.2, 0) is 24.2 Å². The van der Waals surface area contributed by atoms with Crippen molar-refractivity contribution in [1.82, 2.24) is 20.2 Å². The normalized spacial score (nSPS) is 15.8. The lowest BCUT2D eigenvalue weighted by molar-refractivity contribution is 0.139. The predicted octanol–water partition coefficient (Wildman–Crippen LogP) is 0.637. The first-order valence-electron chi connectivity index (χ1n) is 6.64. The zero-order valence-electron chi connectivity index (χ0n) is 11.8. The molecule has 0 bridgehead atoms. The number of carbonyl (C=O) groups is 1. The molecule has 0 aliphatic carbocycles. The fourth-order valence-corrected chi connectivity index (χ4v) is 2.18. The fourth-order valence-electron chi connectivity index (χ4n) is 2.18. The topological polar surface area (TPSA) is 87.6 Å². The van der Waals surface area contributed by atoms with Crippen LogP contribution in [0, 0.1) is 0 Å². The highest BCUT2D eigenvalue weighted by Crippen LogP contribution is 2.16. The summed E-state index contributed by atoms with van der Waals surface area (Å²) in [7, 11) is 1.67. The molecule has 7 nitrogen and oxygen atoms in total. The molecule has 20 heavy (non-hydrogen) atoms. The van der Waals surface area contributed by atoms with Crippen molar-refractivity contribution in [2.24, 2.45) is 0 Å². The second-order valence-corrected chi connectivity index (χ2v) is 4.95. The average molecular weight is 280 g/mol. The molecule has 0 spiro atoms. The average Bonchev–Trinajstić information content (AvgIpc) is 2.44. The summed E-state index contributed by atoms with van der Waals surface area (Å²) in [6.07, 6.45) is 1.48. The molecule has 2 N–H and O–H groups in total. The minimum atomic E-state index is -0.894. The molecule has 0 saturated carbocycles. The van der Waals surface area contributed by atoms with Crippen molar-refractivity contribution in [2.45, 2.75) is 32.5 Å². The van der Waals surface area contributed by atoms with Crippen LogP contribution in [0.25, 0.3) is 0 Å². The van der Waals surface area contributed by atoms with E-state index in [1.165, 1.54) is 4.90 Å². The van der Waals surface area contributed by atoms with Crippen LogP contribution in [0.5, 0.6) is 0 Å². The van der Waals surface area contributed by atoms with Crippen molar-refractivity contribution in [3.05, 3.63) is 23.3 Å². The maximum atomic E-state index is 10.9. The van der Waals surface area contributed by atoms with Gasteiger partial charge in [-0.25, -0.2) is 14.8 Å². The second-order valence-electron chi connectivity index (χ2n) is 4.95. The van der Waals surface area contributed by atoms with Crippen LogP contribution in [-0.4, -0.2) is 52.4 Å². The number of rotatable bonds is 5. The van der Waals surface area contributed by atoms with Crippen LogP contribution in [0.1, 0.15) is 24.0 Å². The summed E-state index contributed by atoms with van der Waals surface area (Å²) in [6, 6.07) is 0.238. The van der Waals surface area contributed by atoms with E-state index >= 15 is 0 Å². The first-order valence-corrected chi connectivity index (χ1v) is 6.64. The van der Waals surface area contributed by atoms with E-state index in [4.69, 9.17) is 9.84 Å². The van der Waals surface area contributed by atoms with Crippen molar-refractivity contribution in [1.29, 1.82) is 0 Å². The van der Waals surface area contributed by atoms with Crippen molar-refractivity contribution < 1.29 is 14.6 Å². The number of nitrogens with zero attached hydrogens (tertiary/aromatic N) is 3. The highest BCUT2D eigenvalue weighted by Gasteiger charge is 2.21. The van der Waals surface area contributed by atoms with Gasteiger partial charge in [0.25, 0.3) is 0 Å². The molecule has 0 unspecified atom stereocenters. The summed E-state index contributed by atoms with van der Waals surface area (Å²) >= 11 is 0. The zero-order valence-corrected chi connectivity index (χ0v) is 11.8. The van der Waals surface area contributed by atoms with Gasteiger partial charge in [-0.1, -0.05) is 0 Å². The van der Waals surface area contributed by atoms with E-state index in [2.05, 4.69) is 15.3 Å². The van der Waals surface area contributed by atoms with Gasteiger partial charge in [-0.05, 0) is 6.92 Å². The van der Waals surface area contributed by atoms with Gasteiger partial charge in [0.2, 0.25) is 0 Å². The van der Waals surface area contributed by atoms with Gasteiger partial charge >= 0.3 is 6.09 Å². The lowest BCUT2D eigenvalue weighted by atomic mass is 10.1. The molecule has 1 aromatic rings. The standard InChI is InChI=1S/C13H20N4O3/c1-9(8-20-2)14-6-12-15-5-10-7-17(13(18)19)4-3-11(10)16-12/h5,9,14H,3-4,6-8H2,1-2H3,(H,18,19)/t9-/m0/s1. The summed E-state index contributed by atoms with van der Waals surface area (Å²) in [6.45, 7) is 4.12.